The Morgan fingerprint density at radius 1 is 1.00 bits per heavy atom. The summed E-state index contributed by atoms with van der Waals surface area (Å²) in [6.07, 6.45) is 0.442. The summed E-state index contributed by atoms with van der Waals surface area (Å²) in [5.74, 6) is -1.55. The lowest BCUT2D eigenvalue weighted by Gasteiger charge is -2.13. The van der Waals surface area contributed by atoms with Gasteiger partial charge in [0, 0.05) is 12.7 Å². The molecule has 0 N–H and O–H groups in total. The normalized spacial score (nSPS) is 10.4. The summed E-state index contributed by atoms with van der Waals surface area (Å²) in [6.45, 7) is 1.69. The minimum Gasteiger partial charge on any atom is -0.467 e. The Bertz CT molecular complexity index is 768. The molecular weight excluding hydrogens is 327 g/mol. The van der Waals surface area contributed by atoms with Crippen molar-refractivity contribution >= 4 is 11.8 Å². The maximum absolute atomic E-state index is 14.7. The Labute approximate surface area is 145 Å². The molecule has 6 heteroatoms. The van der Waals surface area contributed by atoms with Gasteiger partial charge in [0.2, 0.25) is 0 Å². The molecule has 0 spiro atoms. The largest absolute Gasteiger partial charge is 0.467 e. The summed E-state index contributed by atoms with van der Waals surface area (Å²) < 4.78 is 29.5. The van der Waals surface area contributed by atoms with Crippen molar-refractivity contribution in [3.05, 3.63) is 64.5 Å². The van der Waals surface area contributed by atoms with Gasteiger partial charge < -0.3 is 14.2 Å². The van der Waals surface area contributed by atoms with Crippen LogP contribution in [0.4, 0.5) is 4.39 Å². The number of methoxy groups -OCH3 is 2. The van der Waals surface area contributed by atoms with Gasteiger partial charge in [0.05, 0.1) is 12.7 Å². The number of hydrogen-bond acceptors (Lipinski definition) is 5. The van der Waals surface area contributed by atoms with Crippen LogP contribution in [0, 0.1) is 5.82 Å². The van der Waals surface area contributed by atoms with Gasteiger partial charge in [-0.05, 0) is 30.2 Å². The monoisotopic (exact) mass is 346 g/mol. The van der Waals surface area contributed by atoms with E-state index in [2.05, 4.69) is 4.74 Å². The number of ether oxygens (including phenoxy) is 3. The summed E-state index contributed by atoms with van der Waals surface area (Å²) >= 11 is 0. The highest BCUT2D eigenvalue weighted by Crippen LogP contribution is 2.28. The Hall–Kier alpha value is -2.73. The maximum atomic E-state index is 14.7. The molecule has 0 amide bonds. The standard InChI is InChI=1S/C19H19FO5/c1-4-12-9-10-15(25-11-23-2)16(17(12)20)18(21)13-5-7-14(8-6-13)19(22)24-3/h5-10H,4,11H2,1-3H3. The lowest BCUT2D eigenvalue weighted by Crippen LogP contribution is -2.11. The number of benzene rings is 2. The van der Waals surface area contributed by atoms with Gasteiger partial charge in [0.1, 0.15) is 17.1 Å². The van der Waals surface area contributed by atoms with Crippen LogP contribution >= 0.6 is 0 Å². The number of carbonyl (C=O) groups excluding carboxylic acids is 2. The summed E-state index contributed by atoms with van der Waals surface area (Å²) in [7, 11) is 2.70. The SMILES string of the molecule is CCc1ccc(OCOC)c(C(=O)c2ccc(C(=O)OC)cc2)c1F. The molecule has 0 unspecified atom stereocenters. The van der Waals surface area contributed by atoms with Gasteiger partial charge in [0.25, 0.3) is 0 Å². The van der Waals surface area contributed by atoms with Crippen LogP contribution in [0.15, 0.2) is 36.4 Å². The van der Waals surface area contributed by atoms with E-state index in [1.165, 1.54) is 38.5 Å². The van der Waals surface area contributed by atoms with Crippen LogP contribution in [0.2, 0.25) is 0 Å². The van der Waals surface area contributed by atoms with Crippen molar-refractivity contribution in [1.82, 2.24) is 0 Å². The summed E-state index contributed by atoms with van der Waals surface area (Å²) in [4.78, 5) is 24.3. The smallest absolute Gasteiger partial charge is 0.337 e. The van der Waals surface area contributed by atoms with Crippen molar-refractivity contribution in [3.63, 3.8) is 0 Å². The number of carbonyl (C=O) groups is 2. The van der Waals surface area contributed by atoms with E-state index in [9.17, 15) is 14.0 Å². The third kappa shape index (κ3) is 4.03. The van der Waals surface area contributed by atoms with Gasteiger partial charge in [-0.3, -0.25) is 4.79 Å². The molecule has 0 aliphatic carbocycles. The van der Waals surface area contributed by atoms with Crippen LogP contribution in [0.1, 0.15) is 38.8 Å². The second kappa shape index (κ2) is 8.39. The highest BCUT2D eigenvalue weighted by Gasteiger charge is 2.22. The molecule has 132 valence electrons. The van der Waals surface area contributed by atoms with Gasteiger partial charge in [-0.25, -0.2) is 9.18 Å². The first-order valence-electron chi connectivity index (χ1n) is 7.69. The van der Waals surface area contributed by atoms with Crippen molar-refractivity contribution in [2.75, 3.05) is 21.0 Å². The third-order valence-electron chi connectivity index (χ3n) is 3.69. The summed E-state index contributed by atoms with van der Waals surface area (Å²) in [6, 6.07) is 8.95. The van der Waals surface area contributed by atoms with Crippen molar-refractivity contribution in [3.8, 4) is 5.75 Å². The van der Waals surface area contributed by atoms with Crippen LogP contribution in [0.5, 0.6) is 5.75 Å². The second-order valence-electron chi connectivity index (χ2n) is 5.21. The second-order valence-corrected chi connectivity index (χ2v) is 5.21. The molecule has 0 saturated carbocycles. The van der Waals surface area contributed by atoms with Crippen LogP contribution in [0.25, 0.3) is 0 Å². The number of rotatable bonds is 7. The molecule has 2 rings (SSSR count). The Morgan fingerprint density at radius 2 is 1.64 bits per heavy atom. The van der Waals surface area contributed by atoms with Crippen LogP contribution in [-0.4, -0.2) is 32.8 Å². The highest BCUT2D eigenvalue weighted by atomic mass is 19.1. The first-order valence-corrected chi connectivity index (χ1v) is 7.69. The Morgan fingerprint density at radius 3 is 2.20 bits per heavy atom. The number of hydrogen-bond donors (Lipinski definition) is 0. The molecule has 2 aromatic carbocycles. The minimum atomic E-state index is -0.613. The van der Waals surface area contributed by atoms with Crippen LogP contribution in [-0.2, 0) is 15.9 Å². The molecule has 25 heavy (non-hydrogen) atoms. The summed E-state index contributed by atoms with van der Waals surface area (Å²) in [5, 5.41) is 0. The molecule has 0 saturated heterocycles. The van der Waals surface area contributed by atoms with E-state index >= 15 is 0 Å². The van der Waals surface area contributed by atoms with E-state index < -0.39 is 17.6 Å². The van der Waals surface area contributed by atoms with Gasteiger partial charge in [-0.1, -0.05) is 25.1 Å². The van der Waals surface area contributed by atoms with E-state index in [0.717, 1.165) is 0 Å². The zero-order valence-electron chi connectivity index (χ0n) is 14.3. The predicted octanol–water partition coefficient (Wildman–Crippen LogP) is 3.39. The van der Waals surface area contributed by atoms with Crippen LogP contribution < -0.4 is 4.74 Å². The molecule has 0 aliphatic rings. The van der Waals surface area contributed by atoms with Gasteiger partial charge in [0.15, 0.2) is 12.6 Å². The van der Waals surface area contributed by atoms with Gasteiger partial charge >= 0.3 is 5.97 Å². The molecule has 0 aromatic heterocycles. The van der Waals surface area contributed by atoms with Crippen molar-refractivity contribution in [2.24, 2.45) is 0 Å². The van der Waals surface area contributed by atoms with Gasteiger partial charge in [-0.2, -0.15) is 0 Å². The van der Waals surface area contributed by atoms with E-state index in [-0.39, 0.29) is 23.7 Å². The molecule has 0 aliphatic heterocycles. The van der Waals surface area contributed by atoms with Crippen molar-refractivity contribution < 1.29 is 28.2 Å². The Kier molecular flexibility index (Phi) is 6.25. The maximum Gasteiger partial charge on any atom is 0.337 e. The fourth-order valence-corrected chi connectivity index (χ4v) is 2.35. The molecule has 0 atom stereocenters. The molecule has 0 heterocycles. The van der Waals surface area contributed by atoms with Crippen molar-refractivity contribution in [1.29, 1.82) is 0 Å². The lowest BCUT2D eigenvalue weighted by atomic mass is 9.97. The van der Waals surface area contributed by atoms with Gasteiger partial charge in [-0.15, -0.1) is 0 Å². The lowest BCUT2D eigenvalue weighted by molar-refractivity contribution is 0.0500. The first-order chi connectivity index (χ1) is 12.0. The molecule has 0 radical (unpaired) electrons. The highest BCUT2D eigenvalue weighted by molar-refractivity contribution is 6.11. The third-order valence-corrected chi connectivity index (χ3v) is 3.69. The minimum absolute atomic E-state index is 0.105. The topological polar surface area (TPSA) is 61.8 Å². The predicted molar refractivity (Wildman–Crippen MR) is 89.5 cm³/mol. The number of ketones is 1. The molecule has 2 aromatic rings. The number of esters is 1. The van der Waals surface area contributed by atoms with Crippen LogP contribution in [0.3, 0.4) is 0 Å². The Balaban J connectivity index is 2.44. The molecule has 5 nitrogen and oxygen atoms in total. The van der Waals surface area contributed by atoms with E-state index in [1.807, 2.05) is 0 Å². The van der Waals surface area contributed by atoms with Crippen molar-refractivity contribution in [2.45, 2.75) is 13.3 Å². The van der Waals surface area contributed by atoms with E-state index in [1.54, 1.807) is 19.1 Å². The first kappa shape index (κ1) is 18.6. The van der Waals surface area contributed by atoms with E-state index in [4.69, 9.17) is 9.47 Å². The fourth-order valence-electron chi connectivity index (χ4n) is 2.35. The summed E-state index contributed by atoms with van der Waals surface area (Å²) in [5.41, 5.74) is 0.807. The quantitative estimate of drug-likeness (QED) is 0.437. The fraction of sp³-hybridized carbons (Fsp3) is 0.263. The number of halogens is 1. The molecule has 0 bridgehead atoms. The molecule has 0 fully saturated rings. The average molecular weight is 346 g/mol. The number of aryl methyl sites for hydroxylation is 1. The average Bonchev–Trinajstić information content (AvgIpc) is 2.65. The molecular formula is C19H19FO5. The van der Waals surface area contributed by atoms with E-state index in [0.29, 0.717) is 17.5 Å². The zero-order valence-corrected chi connectivity index (χ0v) is 14.3. The zero-order chi connectivity index (χ0) is 18.4.